The van der Waals surface area contributed by atoms with Crippen molar-refractivity contribution in [3.63, 3.8) is 0 Å². The standard InChI is InChI=1S/C17H19FN2O3/c1-9-14(18)17-16(10(2)15(9)19-3)22-8-12(23-17)11-5-6-13(21-4)20-7-11/h5-7,12,19H,8H2,1-4H3. The molecule has 122 valence electrons. The van der Waals surface area contributed by atoms with Gasteiger partial charge in [0.05, 0.1) is 7.11 Å². The lowest BCUT2D eigenvalue weighted by Crippen LogP contribution is -2.23. The molecule has 3 rings (SSSR count). The Balaban J connectivity index is 1.97. The van der Waals surface area contributed by atoms with E-state index in [1.54, 1.807) is 33.3 Å². The van der Waals surface area contributed by atoms with Crippen LogP contribution in [0.1, 0.15) is 22.8 Å². The van der Waals surface area contributed by atoms with Crippen LogP contribution in [0.3, 0.4) is 0 Å². The van der Waals surface area contributed by atoms with Gasteiger partial charge in [0.1, 0.15) is 6.61 Å². The molecule has 1 unspecified atom stereocenters. The summed E-state index contributed by atoms with van der Waals surface area (Å²) in [5, 5.41) is 3.01. The molecule has 23 heavy (non-hydrogen) atoms. The van der Waals surface area contributed by atoms with Gasteiger partial charge in [-0.2, -0.15) is 0 Å². The van der Waals surface area contributed by atoms with Crippen LogP contribution < -0.4 is 19.5 Å². The number of halogens is 1. The summed E-state index contributed by atoms with van der Waals surface area (Å²) in [6.07, 6.45) is 1.24. The summed E-state index contributed by atoms with van der Waals surface area (Å²) in [6, 6.07) is 3.58. The summed E-state index contributed by atoms with van der Waals surface area (Å²) in [5.41, 5.74) is 2.90. The zero-order valence-electron chi connectivity index (χ0n) is 13.6. The van der Waals surface area contributed by atoms with Crippen LogP contribution >= 0.6 is 0 Å². The lowest BCUT2D eigenvalue weighted by molar-refractivity contribution is 0.0846. The fraction of sp³-hybridized carbons (Fsp3) is 0.353. The second-order valence-corrected chi connectivity index (χ2v) is 5.40. The van der Waals surface area contributed by atoms with Crippen LogP contribution in [0, 0.1) is 19.7 Å². The van der Waals surface area contributed by atoms with Crippen molar-refractivity contribution in [1.82, 2.24) is 4.98 Å². The van der Waals surface area contributed by atoms with E-state index in [4.69, 9.17) is 14.2 Å². The van der Waals surface area contributed by atoms with Crippen LogP contribution in [0.4, 0.5) is 10.1 Å². The average molecular weight is 318 g/mol. The number of aromatic nitrogens is 1. The van der Waals surface area contributed by atoms with Gasteiger partial charge in [-0.1, -0.05) is 0 Å². The number of methoxy groups -OCH3 is 1. The molecule has 0 bridgehead atoms. The molecule has 0 fully saturated rings. The number of hydrogen-bond donors (Lipinski definition) is 1. The normalized spacial score (nSPS) is 16.1. The Morgan fingerprint density at radius 2 is 2.04 bits per heavy atom. The van der Waals surface area contributed by atoms with E-state index in [0.29, 0.717) is 23.8 Å². The highest BCUT2D eigenvalue weighted by Crippen LogP contribution is 2.45. The van der Waals surface area contributed by atoms with Gasteiger partial charge in [0.2, 0.25) is 5.88 Å². The number of ether oxygens (including phenoxy) is 3. The minimum atomic E-state index is -0.408. The number of nitrogens with zero attached hydrogens (tertiary/aromatic N) is 1. The van der Waals surface area contributed by atoms with Crippen LogP contribution in [0.15, 0.2) is 18.3 Å². The fourth-order valence-corrected chi connectivity index (χ4v) is 2.80. The highest BCUT2D eigenvalue weighted by molar-refractivity contribution is 5.67. The van der Waals surface area contributed by atoms with Gasteiger partial charge < -0.3 is 19.5 Å². The molecule has 1 aliphatic heterocycles. The van der Waals surface area contributed by atoms with E-state index in [0.717, 1.165) is 16.8 Å². The zero-order valence-corrected chi connectivity index (χ0v) is 13.6. The SMILES string of the molecule is CNc1c(C)c(F)c2c(c1C)OCC(c1ccc(OC)nc1)O2. The van der Waals surface area contributed by atoms with Crippen molar-refractivity contribution >= 4 is 5.69 Å². The number of nitrogens with one attached hydrogen (secondary N) is 1. The summed E-state index contributed by atoms with van der Waals surface area (Å²) in [5.74, 6) is 0.727. The second-order valence-electron chi connectivity index (χ2n) is 5.40. The number of fused-ring (bicyclic) bond motifs is 1. The first-order chi connectivity index (χ1) is 11.1. The summed E-state index contributed by atoms with van der Waals surface area (Å²) in [7, 11) is 3.31. The topological polar surface area (TPSA) is 52.6 Å². The molecule has 0 amide bonds. The molecule has 1 aromatic heterocycles. The second kappa shape index (κ2) is 5.95. The first kappa shape index (κ1) is 15.4. The highest BCUT2D eigenvalue weighted by atomic mass is 19.1. The first-order valence-electron chi connectivity index (χ1n) is 7.36. The Morgan fingerprint density at radius 3 is 2.65 bits per heavy atom. The Kier molecular flexibility index (Phi) is 3.98. The zero-order chi connectivity index (χ0) is 16.6. The molecule has 0 radical (unpaired) electrons. The van der Waals surface area contributed by atoms with Crippen LogP contribution in [0.2, 0.25) is 0 Å². The van der Waals surface area contributed by atoms with Gasteiger partial charge >= 0.3 is 0 Å². The number of benzene rings is 1. The number of hydrogen-bond acceptors (Lipinski definition) is 5. The van der Waals surface area contributed by atoms with E-state index in [1.165, 1.54) is 0 Å². The molecule has 0 saturated heterocycles. The van der Waals surface area contributed by atoms with Crippen LogP contribution in [-0.2, 0) is 0 Å². The van der Waals surface area contributed by atoms with Gasteiger partial charge in [-0.25, -0.2) is 9.37 Å². The van der Waals surface area contributed by atoms with E-state index in [9.17, 15) is 4.39 Å². The number of pyridine rings is 1. The van der Waals surface area contributed by atoms with E-state index in [2.05, 4.69) is 10.3 Å². The predicted octanol–water partition coefficient (Wildman–Crippen LogP) is 3.40. The predicted molar refractivity (Wildman–Crippen MR) is 85.1 cm³/mol. The van der Waals surface area contributed by atoms with E-state index in [-0.39, 0.29) is 5.75 Å². The Labute approximate surface area is 134 Å². The molecule has 0 saturated carbocycles. The van der Waals surface area contributed by atoms with Crippen molar-refractivity contribution in [1.29, 1.82) is 0 Å². The van der Waals surface area contributed by atoms with Crippen molar-refractivity contribution < 1.29 is 18.6 Å². The van der Waals surface area contributed by atoms with Crippen molar-refractivity contribution in [3.8, 4) is 17.4 Å². The van der Waals surface area contributed by atoms with Crippen LogP contribution in [0.25, 0.3) is 0 Å². The molecule has 2 aromatic rings. The number of rotatable bonds is 3. The monoisotopic (exact) mass is 318 g/mol. The smallest absolute Gasteiger partial charge is 0.212 e. The van der Waals surface area contributed by atoms with E-state index < -0.39 is 11.9 Å². The largest absolute Gasteiger partial charge is 0.485 e. The minimum Gasteiger partial charge on any atom is -0.485 e. The maximum Gasteiger partial charge on any atom is 0.212 e. The average Bonchev–Trinajstić information content (AvgIpc) is 2.60. The lowest BCUT2D eigenvalue weighted by atomic mass is 10.0. The summed E-state index contributed by atoms with van der Waals surface area (Å²) in [4.78, 5) is 4.15. The van der Waals surface area contributed by atoms with Gasteiger partial charge in [0.25, 0.3) is 0 Å². The maximum absolute atomic E-state index is 14.6. The van der Waals surface area contributed by atoms with Crippen LogP contribution in [-0.4, -0.2) is 25.7 Å². The third-order valence-electron chi connectivity index (χ3n) is 4.05. The Morgan fingerprint density at radius 1 is 1.26 bits per heavy atom. The van der Waals surface area contributed by atoms with Gasteiger partial charge in [0, 0.05) is 41.7 Å². The van der Waals surface area contributed by atoms with Crippen molar-refractivity contribution in [2.75, 3.05) is 26.1 Å². The quantitative estimate of drug-likeness (QED) is 0.940. The molecule has 0 spiro atoms. The molecule has 5 nitrogen and oxygen atoms in total. The first-order valence-corrected chi connectivity index (χ1v) is 7.36. The van der Waals surface area contributed by atoms with Gasteiger partial charge in [-0.15, -0.1) is 0 Å². The highest BCUT2D eigenvalue weighted by Gasteiger charge is 2.30. The van der Waals surface area contributed by atoms with Gasteiger partial charge in [-0.05, 0) is 19.9 Å². The third-order valence-corrected chi connectivity index (χ3v) is 4.05. The minimum absolute atomic E-state index is 0.158. The molecule has 1 aromatic carbocycles. The van der Waals surface area contributed by atoms with E-state index >= 15 is 0 Å². The molecule has 2 heterocycles. The lowest BCUT2D eigenvalue weighted by Gasteiger charge is -2.29. The third kappa shape index (κ3) is 2.54. The Hall–Kier alpha value is -2.50. The molecule has 6 heteroatoms. The van der Waals surface area contributed by atoms with E-state index in [1.807, 2.05) is 13.0 Å². The summed E-state index contributed by atoms with van der Waals surface area (Å²) >= 11 is 0. The molecule has 1 atom stereocenters. The van der Waals surface area contributed by atoms with Crippen LogP contribution in [0.5, 0.6) is 17.4 Å². The molecular formula is C17H19FN2O3. The summed E-state index contributed by atoms with van der Waals surface area (Å²) in [6.45, 7) is 3.90. The van der Waals surface area contributed by atoms with Crippen molar-refractivity contribution in [3.05, 3.63) is 40.8 Å². The van der Waals surface area contributed by atoms with Crippen molar-refractivity contribution in [2.24, 2.45) is 0 Å². The molecule has 0 aliphatic carbocycles. The van der Waals surface area contributed by atoms with Gasteiger partial charge in [0.15, 0.2) is 23.4 Å². The Bertz CT molecular complexity index is 732. The number of anilines is 1. The summed E-state index contributed by atoms with van der Waals surface area (Å²) < 4.78 is 31.3. The van der Waals surface area contributed by atoms with Gasteiger partial charge in [-0.3, -0.25) is 0 Å². The van der Waals surface area contributed by atoms with Crippen molar-refractivity contribution in [2.45, 2.75) is 20.0 Å². The molecular weight excluding hydrogens is 299 g/mol. The maximum atomic E-state index is 14.6. The fourth-order valence-electron chi connectivity index (χ4n) is 2.80. The molecule has 1 aliphatic rings. The molecule has 1 N–H and O–H groups in total.